The lowest BCUT2D eigenvalue weighted by atomic mass is 9.65. The van der Waals surface area contributed by atoms with Gasteiger partial charge in [0.2, 0.25) is 17.7 Å². The van der Waals surface area contributed by atoms with Gasteiger partial charge in [0.1, 0.15) is 17.2 Å². The molecule has 3 heterocycles. The van der Waals surface area contributed by atoms with E-state index in [0.717, 1.165) is 111 Å². The van der Waals surface area contributed by atoms with Gasteiger partial charge in [-0.3, -0.25) is 14.4 Å². The molecule has 6 aromatic rings. The zero-order valence-corrected chi connectivity index (χ0v) is 51.0. The summed E-state index contributed by atoms with van der Waals surface area (Å²) < 4.78 is 95.1. The Balaban J connectivity index is 0.000000144. The molecule has 0 saturated heterocycles. The van der Waals surface area contributed by atoms with Crippen LogP contribution in [0.25, 0.3) is 0 Å². The number of fused-ring (bicyclic) bond motifs is 6. The molecule has 6 aliphatic rings. The third kappa shape index (κ3) is 14.4. The van der Waals surface area contributed by atoms with Crippen LogP contribution >= 0.6 is 34.8 Å². The summed E-state index contributed by atoms with van der Waals surface area (Å²) >= 11 is 17.7. The number of rotatable bonds is 12. The maximum atomic E-state index is 13.0. The van der Waals surface area contributed by atoms with E-state index >= 15 is 0 Å². The van der Waals surface area contributed by atoms with Crippen molar-refractivity contribution in [2.75, 3.05) is 35.8 Å². The topological polar surface area (TPSA) is 115 Å². The first-order valence-electron chi connectivity index (χ1n) is 30.0. The van der Waals surface area contributed by atoms with E-state index in [-0.39, 0.29) is 86.2 Å². The zero-order chi connectivity index (χ0) is 61.8. The minimum absolute atomic E-state index is 0.00183. The fraction of sp³-hybridized carbons (Fsp3) is 0.435. The van der Waals surface area contributed by atoms with Crippen molar-refractivity contribution in [2.24, 2.45) is 35.5 Å². The molecule has 3 aliphatic carbocycles. The average Bonchev–Trinajstić information content (AvgIpc) is 2.13. The van der Waals surface area contributed by atoms with Gasteiger partial charge in [0.05, 0.1) is 19.8 Å². The Labute approximate surface area is 519 Å². The van der Waals surface area contributed by atoms with Gasteiger partial charge in [-0.25, -0.2) is 26.3 Å². The number of benzene rings is 6. The van der Waals surface area contributed by atoms with E-state index in [2.05, 4.69) is 16.0 Å². The number of carbonyl (C=O) groups is 3. The predicted octanol–water partition coefficient (Wildman–Crippen LogP) is 19.1. The Morgan fingerprint density at radius 2 is 0.621 bits per heavy atom. The van der Waals surface area contributed by atoms with Crippen LogP contribution in [0.4, 0.5) is 43.4 Å². The molecular weight excluding hydrogens is 1190 g/mol. The number of carbonyl (C=O) groups excluding carboxylic acids is 3. The van der Waals surface area contributed by atoms with Crippen LogP contribution in [0.3, 0.4) is 0 Å². The fourth-order valence-electron chi connectivity index (χ4n) is 13.9. The van der Waals surface area contributed by atoms with E-state index in [4.69, 9.17) is 49.0 Å². The molecule has 87 heavy (non-hydrogen) atoms. The SMILES string of the molecule is C[C@@H](C(=O)Nc1ccc(Cl)cc1)C1CCC2(CC1)COc1cc(C(F)F)ccc12.C[C@@H](C(=O)Nc1ccc(Cl)cc1)C1CCC2(CC1)COc1cc(C(F)F)ccc12.C[C@H](C(=O)Nc1ccc(Cl)cc1)C1CCC2(CC1)COc1cc(C(F)F)ccc12. The van der Waals surface area contributed by atoms with Crippen LogP contribution in [0, 0.1) is 35.5 Å². The summed E-state index contributed by atoms with van der Waals surface area (Å²) in [6.07, 6.45) is 3.40. The van der Waals surface area contributed by atoms with Crippen LogP contribution in [-0.4, -0.2) is 37.5 Å². The maximum Gasteiger partial charge on any atom is 0.263 e. The molecule has 12 rings (SSSR count). The fourth-order valence-corrected chi connectivity index (χ4v) is 14.3. The first-order valence-corrected chi connectivity index (χ1v) is 31.1. The third-order valence-electron chi connectivity index (χ3n) is 19.7. The lowest BCUT2D eigenvalue weighted by molar-refractivity contribution is -0.122. The van der Waals surface area contributed by atoms with Crippen molar-refractivity contribution in [3.63, 3.8) is 0 Å². The normalized spacial score (nSPS) is 24.2. The summed E-state index contributed by atoms with van der Waals surface area (Å²) in [5, 5.41) is 10.8. The van der Waals surface area contributed by atoms with Crippen LogP contribution in [0.15, 0.2) is 127 Å². The van der Waals surface area contributed by atoms with Gasteiger partial charge >= 0.3 is 0 Å². The lowest BCUT2D eigenvalue weighted by Gasteiger charge is -2.38. The molecule has 3 saturated carbocycles. The molecule has 3 spiro atoms. The molecule has 3 N–H and O–H groups in total. The van der Waals surface area contributed by atoms with Gasteiger partial charge in [-0.2, -0.15) is 0 Å². The Morgan fingerprint density at radius 3 is 0.839 bits per heavy atom. The Morgan fingerprint density at radius 1 is 0.391 bits per heavy atom. The highest BCUT2D eigenvalue weighted by atomic mass is 35.5. The molecule has 18 heteroatoms. The van der Waals surface area contributed by atoms with Crippen molar-refractivity contribution in [3.05, 3.63) is 176 Å². The molecule has 3 fully saturated rings. The minimum Gasteiger partial charge on any atom is -0.492 e. The first kappa shape index (κ1) is 63.6. The molecule has 6 aromatic carbocycles. The summed E-state index contributed by atoms with van der Waals surface area (Å²) in [6, 6.07) is 35.7. The van der Waals surface area contributed by atoms with Crippen LogP contribution in [0.1, 0.15) is 150 Å². The predicted molar refractivity (Wildman–Crippen MR) is 329 cm³/mol. The van der Waals surface area contributed by atoms with Gasteiger partial charge < -0.3 is 30.2 Å². The summed E-state index contributed by atoms with van der Waals surface area (Å²) in [7, 11) is 0. The van der Waals surface area contributed by atoms with Crippen molar-refractivity contribution in [1.29, 1.82) is 0 Å². The number of hydrogen-bond acceptors (Lipinski definition) is 6. The third-order valence-corrected chi connectivity index (χ3v) is 20.4. The molecular formula is C69H72Cl3F6N3O6. The van der Waals surface area contributed by atoms with Crippen LogP contribution in [-0.2, 0) is 30.6 Å². The summed E-state index contributed by atoms with van der Waals surface area (Å²) in [4.78, 5) is 38.0. The van der Waals surface area contributed by atoms with Gasteiger partial charge in [0, 0.05) is 99.5 Å². The van der Waals surface area contributed by atoms with Crippen molar-refractivity contribution >= 4 is 69.6 Å². The second kappa shape index (κ2) is 27.1. The zero-order valence-electron chi connectivity index (χ0n) is 48.8. The number of anilines is 3. The smallest absolute Gasteiger partial charge is 0.263 e. The number of ether oxygens (including phenoxy) is 3. The van der Waals surface area contributed by atoms with Crippen molar-refractivity contribution in [2.45, 2.75) is 133 Å². The number of amides is 3. The van der Waals surface area contributed by atoms with E-state index in [1.807, 2.05) is 20.8 Å². The van der Waals surface area contributed by atoms with Gasteiger partial charge in [-0.1, -0.05) is 92.0 Å². The molecule has 3 aliphatic heterocycles. The molecule has 9 nitrogen and oxygen atoms in total. The van der Waals surface area contributed by atoms with Crippen molar-refractivity contribution in [1.82, 2.24) is 0 Å². The average molecular weight is 1260 g/mol. The molecule has 3 amide bonds. The molecule has 3 atom stereocenters. The minimum atomic E-state index is -2.49. The summed E-state index contributed by atoms with van der Waals surface area (Å²) in [5.41, 5.74) is 5.02. The van der Waals surface area contributed by atoms with Crippen molar-refractivity contribution in [3.8, 4) is 17.2 Å². The largest absolute Gasteiger partial charge is 0.492 e. The van der Waals surface area contributed by atoms with E-state index in [0.29, 0.717) is 52.1 Å². The summed E-state index contributed by atoms with van der Waals surface area (Å²) in [5.74, 6) is 2.36. The van der Waals surface area contributed by atoms with E-state index in [1.54, 1.807) is 91.0 Å². The maximum absolute atomic E-state index is 13.0. The van der Waals surface area contributed by atoms with Gasteiger partial charge in [0.25, 0.3) is 19.3 Å². The van der Waals surface area contributed by atoms with Crippen LogP contribution < -0.4 is 30.2 Å². The molecule has 462 valence electrons. The van der Waals surface area contributed by atoms with E-state index in [1.165, 1.54) is 36.4 Å². The number of nitrogens with one attached hydrogen (secondary N) is 3. The summed E-state index contributed by atoms with van der Waals surface area (Å²) in [6.45, 7) is 7.53. The van der Waals surface area contributed by atoms with Crippen molar-refractivity contribution < 1.29 is 54.9 Å². The highest BCUT2D eigenvalue weighted by molar-refractivity contribution is 6.31. The number of hydrogen-bond donors (Lipinski definition) is 3. The number of alkyl halides is 6. The second-order valence-electron chi connectivity index (χ2n) is 24.7. The highest BCUT2D eigenvalue weighted by Gasteiger charge is 2.48. The monoisotopic (exact) mass is 1260 g/mol. The highest BCUT2D eigenvalue weighted by Crippen LogP contribution is 2.54. The number of halogens is 9. The Hall–Kier alpha value is -6.42. The van der Waals surface area contributed by atoms with E-state index < -0.39 is 19.3 Å². The second-order valence-corrected chi connectivity index (χ2v) is 26.1. The van der Waals surface area contributed by atoms with Gasteiger partial charge in [0.15, 0.2) is 0 Å². The standard InChI is InChI=1S/3C23H24ClF2NO2/c3*1-14(22(28)27-18-5-3-17(24)4-6-18)15-8-10-23(11-9-15)13-29-20-12-16(21(25)26)2-7-19(20)23/h3*2-7,12,14-15,21H,8-11,13H2,1H3,(H,27,28)/t3*14-,15?,23?/m110/s1. The van der Waals surface area contributed by atoms with Gasteiger partial charge in [-0.15, -0.1) is 0 Å². The van der Waals surface area contributed by atoms with Gasteiger partial charge in [-0.05, 0) is 186 Å². The first-order chi connectivity index (χ1) is 41.6. The molecule has 0 unspecified atom stereocenters. The van der Waals surface area contributed by atoms with E-state index in [9.17, 15) is 40.7 Å². The Kier molecular flexibility index (Phi) is 19.8. The van der Waals surface area contributed by atoms with Crippen LogP contribution in [0.5, 0.6) is 17.2 Å². The molecule has 0 aromatic heterocycles. The molecule has 0 radical (unpaired) electrons. The van der Waals surface area contributed by atoms with Crippen LogP contribution in [0.2, 0.25) is 15.1 Å². The Bertz CT molecular complexity index is 3030. The quantitative estimate of drug-likeness (QED) is 0.105. The molecule has 0 bridgehead atoms. The lowest BCUT2D eigenvalue weighted by Crippen LogP contribution is -2.37.